The first-order chi connectivity index (χ1) is 10.9. The lowest BCUT2D eigenvalue weighted by Gasteiger charge is -2.17. The molecule has 0 bridgehead atoms. The predicted octanol–water partition coefficient (Wildman–Crippen LogP) is 0.985. The summed E-state index contributed by atoms with van der Waals surface area (Å²) in [7, 11) is -2.02. The molecule has 0 unspecified atom stereocenters. The quantitative estimate of drug-likeness (QED) is 0.665. The highest BCUT2D eigenvalue weighted by Gasteiger charge is 2.10. The Morgan fingerprint density at radius 1 is 1.13 bits per heavy atom. The zero-order valence-electron chi connectivity index (χ0n) is 14.1. The van der Waals surface area contributed by atoms with Crippen LogP contribution in [0.4, 0.5) is 0 Å². The number of benzene rings is 1. The predicted molar refractivity (Wildman–Crippen MR) is 91.8 cm³/mol. The molecule has 0 aromatic heterocycles. The minimum Gasteiger partial charge on any atom is -0.355 e. The van der Waals surface area contributed by atoms with Gasteiger partial charge in [0, 0.05) is 19.5 Å². The van der Waals surface area contributed by atoms with Crippen LogP contribution in [-0.2, 0) is 21.2 Å². The molecule has 1 amide bonds. The van der Waals surface area contributed by atoms with Crippen LogP contribution in [0.5, 0.6) is 0 Å². The highest BCUT2D eigenvalue weighted by atomic mass is 32.2. The fourth-order valence-corrected chi connectivity index (χ4v) is 2.92. The van der Waals surface area contributed by atoms with E-state index in [1.54, 1.807) is 24.3 Å². The number of sulfonamides is 1. The van der Waals surface area contributed by atoms with E-state index in [1.807, 2.05) is 0 Å². The van der Waals surface area contributed by atoms with Crippen LogP contribution in [0.15, 0.2) is 29.2 Å². The molecule has 1 aromatic rings. The Labute approximate surface area is 139 Å². The molecule has 23 heavy (non-hydrogen) atoms. The number of carbonyl (C=O) groups is 1. The van der Waals surface area contributed by atoms with Crippen LogP contribution < -0.4 is 10.0 Å². The molecule has 1 rings (SSSR count). The van der Waals surface area contributed by atoms with Crippen LogP contribution in [0.3, 0.4) is 0 Å². The number of aryl methyl sites for hydroxylation is 1. The Balaban J connectivity index is 2.39. The summed E-state index contributed by atoms with van der Waals surface area (Å²) in [5, 5.41) is 2.91. The average Bonchev–Trinajstić information content (AvgIpc) is 2.57. The third-order valence-electron chi connectivity index (χ3n) is 3.79. The average molecular weight is 341 g/mol. The SMILES string of the molecule is CCN(CC)CCNC(=O)CCc1ccc(S(=O)(=O)NC)cc1. The topological polar surface area (TPSA) is 78.5 Å². The maximum atomic E-state index is 11.8. The zero-order valence-corrected chi connectivity index (χ0v) is 14.9. The van der Waals surface area contributed by atoms with E-state index in [1.165, 1.54) is 7.05 Å². The van der Waals surface area contributed by atoms with E-state index in [-0.39, 0.29) is 10.8 Å². The Hall–Kier alpha value is -1.44. The van der Waals surface area contributed by atoms with Crippen molar-refractivity contribution in [1.29, 1.82) is 0 Å². The van der Waals surface area contributed by atoms with Gasteiger partial charge in [0.1, 0.15) is 0 Å². The molecule has 0 aliphatic rings. The van der Waals surface area contributed by atoms with Crippen LogP contribution >= 0.6 is 0 Å². The largest absolute Gasteiger partial charge is 0.355 e. The first-order valence-corrected chi connectivity index (χ1v) is 9.42. The number of nitrogens with zero attached hydrogens (tertiary/aromatic N) is 1. The van der Waals surface area contributed by atoms with Crippen LogP contribution in [0.2, 0.25) is 0 Å². The fourth-order valence-electron chi connectivity index (χ4n) is 2.19. The van der Waals surface area contributed by atoms with Gasteiger partial charge in [0.15, 0.2) is 0 Å². The number of nitrogens with one attached hydrogen (secondary N) is 2. The van der Waals surface area contributed by atoms with E-state index < -0.39 is 10.0 Å². The van der Waals surface area contributed by atoms with Gasteiger partial charge in [0.05, 0.1) is 4.90 Å². The van der Waals surface area contributed by atoms with Crippen molar-refractivity contribution in [3.8, 4) is 0 Å². The highest BCUT2D eigenvalue weighted by Crippen LogP contribution is 2.11. The van der Waals surface area contributed by atoms with Gasteiger partial charge in [-0.1, -0.05) is 26.0 Å². The van der Waals surface area contributed by atoms with Gasteiger partial charge in [0.2, 0.25) is 15.9 Å². The summed E-state index contributed by atoms with van der Waals surface area (Å²) >= 11 is 0. The van der Waals surface area contributed by atoms with Crippen molar-refractivity contribution in [3.05, 3.63) is 29.8 Å². The minimum absolute atomic E-state index is 0.0177. The van der Waals surface area contributed by atoms with Gasteiger partial charge in [-0.2, -0.15) is 0 Å². The number of amides is 1. The summed E-state index contributed by atoms with van der Waals surface area (Å²) in [6.45, 7) is 7.67. The standard InChI is InChI=1S/C16H27N3O3S/c1-4-19(5-2)13-12-18-16(20)11-8-14-6-9-15(10-7-14)23(21,22)17-3/h6-7,9-10,17H,4-5,8,11-13H2,1-3H3,(H,18,20). The first-order valence-electron chi connectivity index (χ1n) is 7.94. The molecule has 0 fully saturated rings. The van der Waals surface area contributed by atoms with Crippen LogP contribution in [0, 0.1) is 0 Å². The van der Waals surface area contributed by atoms with Crippen molar-refractivity contribution < 1.29 is 13.2 Å². The van der Waals surface area contributed by atoms with Crippen molar-refractivity contribution in [2.45, 2.75) is 31.6 Å². The van der Waals surface area contributed by atoms with Crippen LogP contribution in [-0.4, -0.2) is 52.5 Å². The third kappa shape index (κ3) is 6.68. The van der Waals surface area contributed by atoms with E-state index in [2.05, 4.69) is 28.8 Å². The molecule has 0 radical (unpaired) electrons. The Bertz CT molecular complexity index is 581. The van der Waals surface area contributed by atoms with Crippen molar-refractivity contribution >= 4 is 15.9 Å². The van der Waals surface area contributed by atoms with Crippen molar-refractivity contribution in [3.63, 3.8) is 0 Å². The van der Waals surface area contributed by atoms with Gasteiger partial charge < -0.3 is 10.2 Å². The van der Waals surface area contributed by atoms with E-state index in [0.717, 1.165) is 25.2 Å². The number of hydrogen-bond acceptors (Lipinski definition) is 4. The molecule has 0 aliphatic carbocycles. The van der Waals surface area contributed by atoms with E-state index in [0.29, 0.717) is 19.4 Å². The van der Waals surface area contributed by atoms with Crippen molar-refractivity contribution in [2.24, 2.45) is 0 Å². The molecule has 130 valence electrons. The number of likely N-dealkylation sites (N-methyl/N-ethyl adjacent to an activating group) is 1. The zero-order chi connectivity index (χ0) is 17.3. The number of carbonyl (C=O) groups excluding carboxylic acids is 1. The molecular formula is C16H27N3O3S. The van der Waals surface area contributed by atoms with Gasteiger partial charge in [-0.15, -0.1) is 0 Å². The second-order valence-electron chi connectivity index (χ2n) is 5.23. The molecular weight excluding hydrogens is 314 g/mol. The van der Waals surface area contributed by atoms with Gasteiger partial charge >= 0.3 is 0 Å². The summed E-state index contributed by atoms with van der Waals surface area (Å²) in [5.41, 5.74) is 0.943. The summed E-state index contributed by atoms with van der Waals surface area (Å²) in [6.07, 6.45) is 0.993. The molecule has 2 N–H and O–H groups in total. The summed E-state index contributed by atoms with van der Waals surface area (Å²) in [4.78, 5) is 14.3. The molecule has 0 atom stereocenters. The molecule has 0 heterocycles. The lowest BCUT2D eigenvalue weighted by molar-refractivity contribution is -0.121. The third-order valence-corrected chi connectivity index (χ3v) is 5.22. The normalized spacial score (nSPS) is 11.7. The minimum atomic E-state index is -3.41. The van der Waals surface area contributed by atoms with Gasteiger partial charge in [0.25, 0.3) is 0 Å². The number of rotatable bonds is 10. The fraction of sp³-hybridized carbons (Fsp3) is 0.562. The Kier molecular flexibility index (Phi) is 8.22. The Morgan fingerprint density at radius 3 is 2.26 bits per heavy atom. The van der Waals surface area contributed by atoms with Gasteiger partial charge in [-0.25, -0.2) is 13.1 Å². The highest BCUT2D eigenvalue weighted by molar-refractivity contribution is 7.89. The van der Waals surface area contributed by atoms with E-state index in [4.69, 9.17) is 0 Å². The number of hydrogen-bond donors (Lipinski definition) is 2. The maximum absolute atomic E-state index is 11.8. The molecule has 6 nitrogen and oxygen atoms in total. The molecule has 7 heteroatoms. The monoisotopic (exact) mass is 341 g/mol. The second kappa shape index (κ2) is 9.64. The lowest BCUT2D eigenvalue weighted by atomic mass is 10.1. The van der Waals surface area contributed by atoms with E-state index >= 15 is 0 Å². The molecule has 0 aliphatic heterocycles. The maximum Gasteiger partial charge on any atom is 0.240 e. The van der Waals surface area contributed by atoms with Crippen molar-refractivity contribution in [1.82, 2.24) is 14.9 Å². The Morgan fingerprint density at radius 2 is 1.74 bits per heavy atom. The molecule has 0 spiro atoms. The summed E-state index contributed by atoms with van der Waals surface area (Å²) in [5.74, 6) is 0.0177. The van der Waals surface area contributed by atoms with E-state index in [9.17, 15) is 13.2 Å². The molecule has 0 saturated carbocycles. The van der Waals surface area contributed by atoms with Gasteiger partial charge in [-0.3, -0.25) is 4.79 Å². The lowest BCUT2D eigenvalue weighted by Crippen LogP contribution is -2.34. The molecule has 1 aromatic carbocycles. The van der Waals surface area contributed by atoms with Crippen molar-refractivity contribution in [2.75, 3.05) is 33.2 Å². The summed E-state index contributed by atoms with van der Waals surface area (Å²) < 4.78 is 25.5. The summed E-state index contributed by atoms with van der Waals surface area (Å²) in [6, 6.07) is 6.60. The van der Waals surface area contributed by atoms with Crippen LogP contribution in [0.1, 0.15) is 25.8 Å². The first kappa shape index (κ1) is 19.6. The smallest absolute Gasteiger partial charge is 0.240 e. The van der Waals surface area contributed by atoms with Gasteiger partial charge in [-0.05, 0) is 44.3 Å². The second-order valence-corrected chi connectivity index (χ2v) is 7.11. The van der Waals surface area contributed by atoms with Crippen LogP contribution in [0.25, 0.3) is 0 Å². The molecule has 0 saturated heterocycles.